The van der Waals surface area contributed by atoms with E-state index in [-0.39, 0.29) is 11.9 Å². The van der Waals surface area contributed by atoms with Crippen LogP contribution in [-0.2, 0) is 4.79 Å². The molecular formula is C8H10ClN3O2. The first-order valence-electron chi connectivity index (χ1n) is 4.27. The van der Waals surface area contributed by atoms with Gasteiger partial charge in [0.05, 0.1) is 0 Å². The van der Waals surface area contributed by atoms with Gasteiger partial charge in [0, 0.05) is 19.0 Å². The second-order valence-electron chi connectivity index (χ2n) is 3.36. The van der Waals surface area contributed by atoms with Gasteiger partial charge < -0.3 is 10.3 Å². The molecular weight excluding hydrogens is 206 g/mol. The zero-order chi connectivity index (χ0) is 10.3. The predicted molar refractivity (Wildman–Crippen MR) is 51.2 cm³/mol. The Labute approximate surface area is 85.8 Å². The number of anilines is 1. The maximum absolute atomic E-state index is 11.4. The summed E-state index contributed by atoms with van der Waals surface area (Å²) >= 11 is 5.91. The highest BCUT2D eigenvalue weighted by atomic mass is 35.5. The SMILES string of the molecule is Cc1noc(N2CC(N)CC2=O)c1Cl. The maximum atomic E-state index is 11.4. The molecule has 1 fully saturated rings. The Morgan fingerprint density at radius 2 is 2.43 bits per heavy atom. The van der Waals surface area contributed by atoms with Crippen LogP contribution in [0.15, 0.2) is 4.52 Å². The molecule has 0 saturated carbocycles. The van der Waals surface area contributed by atoms with Crippen LogP contribution in [0.25, 0.3) is 0 Å². The van der Waals surface area contributed by atoms with Gasteiger partial charge >= 0.3 is 0 Å². The van der Waals surface area contributed by atoms with E-state index < -0.39 is 0 Å². The number of hydrogen-bond donors (Lipinski definition) is 1. The Morgan fingerprint density at radius 1 is 1.71 bits per heavy atom. The van der Waals surface area contributed by atoms with Crippen molar-refractivity contribution < 1.29 is 9.32 Å². The molecule has 0 aliphatic carbocycles. The number of nitrogens with zero attached hydrogens (tertiary/aromatic N) is 2. The van der Waals surface area contributed by atoms with Crippen molar-refractivity contribution in [2.75, 3.05) is 11.4 Å². The van der Waals surface area contributed by atoms with Gasteiger partial charge in [-0.05, 0) is 6.92 Å². The minimum atomic E-state index is -0.149. The Balaban J connectivity index is 2.32. The summed E-state index contributed by atoms with van der Waals surface area (Å²) in [6, 6.07) is -0.149. The Kier molecular flexibility index (Phi) is 2.20. The van der Waals surface area contributed by atoms with Gasteiger partial charge in [0.15, 0.2) is 0 Å². The first-order chi connectivity index (χ1) is 6.59. The lowest BCUT2D eigenvalue weighted by atomic mass is 10.3. The van der Waals surface area contributed by atoms with Gasteiger partial charge in [0.25, 0.3) is 5.88 Å². The van der Waals surface area contributed by atoms with Crippen LogP contribution in [0.1, 0.15) is 12.1 Å². The molecule has 1 amide bonds. The number of aromatic nitrogens is 1. The number of aryl methyl sites for hydroxylation is 1. The highest BCUT2D eigenvalue weighted by molar-refractivity contribution is 6.34. The topological polar surface area (TPSA) is 72.4 Å². The summed E-state index contributed by atoms with van der Waals surface area (Å²) in [6.07, 6.45) is 0.329. The van der Waals surface area contributed by atoms with Crippen molar-refractivity contribution in [1.82, 2.24) is 5.16 Å². The number of carbonyl (C=O) groups excluding carboxylic acids is 1. The number of carbonyl (C=O) groups is 1. The van der Waals surface area contributed by atoms with E-state index in [2.05, 4.69) is 5.16 Å². The molecule has 1 aliphatic heterocycles. The molecule has 1 aromatic rings. The van der Waals surface area contributed by atoms with Crippen molar-refractivity contribution in [2.24, 2.45) is 5.73 Å². The Morgan fingerprint density at radius 3 is 2.86 bits per heavy atom. The standard InChI is InChI=1S/C8H10ClN3O2/c1-4-7(9)8(14-11-4)12-3-5(10)2-6(12)13/h5H,2-3,10H2,1H3. The minimum absolute atomic E-state index is 0.0736. The third-order valence-corrected chi connectivity index (χ3v) is 2.61. The van der Waals surface area contributed by atoms with Crippen LogP contribution in [0.4, 0.5) is 5.88 Å². The van der Waals surface area contributed by atoms with Gasteiger partial charge in [-0.15, -0.1) is 0 Å². The van der Waals surface area contributed by atoms with E-state index in [9.17, 15) is 4.79 Å². The van der Waals surface area contributed by atoms with Crippen molar-refractivity contribution >= 4 is 23.4 Å². The first kappa shape index (κ1) is 9.48. The smallest absolute Gasteiger partial charge is 0.252 e. The molecule has 1 unspecified atom stereocenters. The second-order valence-corrected chi connectivity index (χ2v) is 3.73. The molecule has 0 bridgehead atoms. The lowest BCUT2D eigenvalue weighted by Gasteiger charge is -2.11. The van der Waals surface area contributed by atoms with Crippen LogP contribution in [0.2, 0.25) is 5.02 Å². The summed E-state index contributed by atoms with van der Waals surface area (Å²) in [5.41, 5.74) is 6.22. The van der Waals surface area contributed by atoms with Crippen LogP contribution in [0, 0.1) is 6.92 Å². The lowest BCUT2D eigenvalue weighted by Crippen LogP contribution is -2.27. The fourth-order valence-corrected chi connectivity index (χ4v) is 1.62. The molecule has 2 heterocycles. The van der Waals surface area contributed by atoms with E-state index in [0.717, 1.165) is 0 Å². The number of hydrogen-bond acceptors (Lipinski definition) is 4. The largest absolute Gasteiger partial charge is 0.336 e. The number of nitrogens with two attached hydrogens (primary N) is 1. The van der Waals surface area contributed by atoms with Crippen molar-refractivity contribution in [1.29, 1.82) is 0 Å². The first-order valence-corrected chi connectivity index (χ1v) is 4.65. The summed E-state index contributed by atoms with van der Waals surface area (Å²) in [7, 11) is 0. The van der Waals surface area contributed by atoms with Gasteiger partial charge in [0.1, 0.15) is 10.7 Å². The van der Waals surface area contributed by atoms with Gasteiger partial charge in [0.2, 0.25) is 5.91 Å². The summed E-state index contributed by atoms with van der Waals surface area (Å²) in [5.74, 6) is 0.234. The number of amides is 1. The monoisotopic (exact) mass is 215 g/mol. The van der Waals surface area contributed by atoms with E-state index in [4.69, 9.17) is 21.9 Å². The second kappa shape index (κ2) is 3.25. The molecule has 1 saturated heterocycles. The van der Waals surface area contributed by atoms with Gasteiger partial charge in [-0.2, -0.15) is 0 Å². The van der Waals surface area contributed by atoms with Gasteiger partial charge in [-0.25, -0.2) is 0 Å². The third-order valence-electron chi connectivity index (χ3n) is 2.17. The average Bonchev–Trinajstić information content (AvgIpc) is 2.59. The average molecular weight is 216 g/mol. The Hall–Kier alpha value is -1.07. The molecule has 0 radical (unpaired) electrons. The van der Waals surface area contributed by atoms with Crippen molar-refractivity contribution in [2.45, 2.75) is 19.4 Å². The zero-order valence-corrected chi connectivity index (χ0v) is 8.41. The highest BCUT2D eigenvalue weighted by Crippen LogP contribution is 2.31. The van der Waals surface area contributed by atoms with E-state index in [0.29, 0.717) is 29.6 Å². The Bertz CT molecular complexity index is 377. The van der Waals surface area contributed by atoms with Crippen molar-refractivity contribution in [3.05, 3.63) is 10.7 Å². The summed E-state index contributed by atoms with van der Waals surface area (Å²) in [6.45, 7) is 2.16. The highest BCUT2D eigenvalue weighted by Gasteiger charge is 2.32. The summed E-state index contributed by atoms with van der Waals surface area (Å²) < 4.78 is 4.97. The third kappa shape index (κ3) is 1.38. The predicted octanol–water partition coefficient (Wildman–Crippen LogP) is 0.700. The summed E-state index contributed by atoms with van der Waals surface area (Å²) in [5, 5.41) is 4.06. The normalized spacial score (nSPS) is 22.1. The van der Waals surface area contributed by atoms with Gasteiger partial charge in [-0.3, -0.25) is 9.69 Å². The zero-order valence-electron chi connectivity index (χ0n) is 7.66. The molecule has 76 valence electrons. The molecule has 2 N–H and O–H groups in total. The molecule has 14 heavy (non-hydrogen) atoms. The van der Waals surface area contributed by atoms with E-state index in [1.807, 2.05) is 0 Å². The number of halogens is 1. The van der Waals surface area contributed by atoms with Crippen molar-refractivity contribution in [3.8, 4) is 0 Å². The van der Waals surface area contributed by atoms with Crippen LogP contribution in [0.3, 0.4) is 0 Å². The molecule has 6 heteroatoms. The molecule has 1 aliphatic rings. The van der Waals surface area contributed by atoms with Crippen LogP contribution in [0.5, 0.6) is 0 Å². The molecule has 5 nitrogen and oxygen atoms in total. The summed E-state index contributed by atoms with van der Waals surface area (Å²) in [4.78, 5) is 12.9. The quantitative estimate of drug-likeness (QED) is 0.749. The van der Waals surface area contributed by atoms with Crippen LogP contribution in [-0.4, -0.2) is 23.7 Å². The van der Waals surface area contributed by atoms with E-state index in [1.165, 1.54) is 4.90 Å². The van der Waals surface area contributed by atoms with Crippen molar-refractivity contribution in [3.63, 3.8) is 0 Å². The maximum Gasteiger partial charge on any atom is 0.252 e. The van der Waals surface area contributed by atoms with Crippen LogP contribution < -0.4 is 10.6 Å². The van der Waals surface area contributed by atoms with E-state index in [1.54, 1.807) is 6.92 Å². The lowest BCUT2D eigenvalue weighted by molar-refractivity contribution is -0.117. The molecule has 0 spiro atoms. The van der Waals surface area contributed by atoms with Crippen LogP contribution >= 0.6 is 11.6 Å². The molecule has 0 aromatic carbocycles. The van der Waals surface area contributed by atoms with Gasteiger partial charge in [-0.1, -0.05) is 16.8 Å². The molecule has 2 rings (SSSR count). The number of rotatable bonds is 1. The fourth-order valence-electron chi connectivity index (χ4n) is 1.45. The minimum Gasteiger partial charge on any atom is -0.336 e. The molecule has 1 atom stereocenters. The molecule has 1 aromatic heterocycles. The fraction of sp³-hybridized carbons (Fsp3) is 0.500. The van der Waals surface area contributed by atoms with E-state index >= 15 is 0 Å².